The van der Waals surface area contributed by atoms with E-state index in [1.165, 1.54) is 17.8 Å². The lowest BCUT2D eigenvalue weighted by atomic mass is 10.1. The number of hydrogen-bond donors (Lipinski definition) is 0. The lowest BCUT2D eigenvalue weighted by Gasteiger charge is -2.24. The first kappa shape index (κ1) is 8.30. The first-order valence-corrected chi connectivity index (χ1v) is 5.32. The van der Waals surface area contributed by atoms with Crippen LogP contribution in [0.1, 0.15) is 18.4 Å². The summed E-state index contributed by atoms with van der Waals surface area (Å²) in [6.45, 7) is 2.16. The van der Waals surface area contributed by atoms with E-state index in [4.69, 9.17) is 11.6 Å². The molecule has 0 unspecified atom stereocenters. The summed E-state index contributed by atoms with van der Waals surface area (Å²) in [6.07, 6.45) is 2.35. The maximum Gasteiger partial charge on any atom is 0.105 e. The molecule has 2 nitrogen and oxygen atoms in total. The van der Waals surface area contributed by atoms with Crippen LogP contribution in [0.2, 0.25) is 5.02 Å². The summed E-state index contributed by atoms with van der Waals surface area (Å²) in [6, 6.07) is 5.98. The first-order valence-electron chi connectivity index (χ1n) is 4.94. The molecule has 72 valence electrons. The van der Waals surface area contributed by atoms with E-state index >= 15 is 0 Å². The molecular formula is C11H11ClN2. The Bertz CT molecular complexity index is 412. The van der Waals surface area contributed by atoms with Crippen LogP contribution in [0.4, 0.5) is 5.69 Å². The lowest BCUT2D eigenvalue weighted by molar-refractivity contribution is 0.443. The maximum atomic E-state index is 5.94. The average Bonchev–Trinajstić information content (AvgIpc) is 2.61. The monoisotopic (exact) mass is 206 g/mol. The number of fused-ring (bicyclic) bond motifs is 2. The van der Waals surface area contributed by atoms with Crippen molar-refractivity contribution in [1.82, 2.24) is 4.90 Å². The van der Waals surface area contributed by atoms with Crippen molar-refractivity contribution < 1.29 is 0 Å². The van der Waals surface area contributed by atoms with Gasteiger partial charge in [0.2, 0.25) is 0 Å². The Kier molecular flexibility index (Phi) is 1.77. The van der Waals surface area contributed by atoms with Crippen LogP contribution >= 0.6 is 11.6 Å². The Balaban J connectivity index is 2.09. The number of aliphatic imine (C=N–C) groups is 1. The van der Waals surface area contributed by atoms with E-state index in [9.17, 15) is 0 Å². The second kappa shape index (κ2) is 2.99. The van der Waals surface area contributed by atoms with Crippen LogP contribution < -0.4 is 0 Å². The highest BCUT2D eigenvalue weighted by Crippen LogP contribution is 2.31. The molecule has 1 saturated heterocycles. The molecular weight excluding hydrogens is 196 g/mol. The molecule has 3 rings (SSSR count). The molecule has 1 aromatic rings. The van der Waals surface area contributed by atoms with Gasteiger partial charge in [0.15, 0.2) is 0 Å². The molecule has 0 radical (unpaired) electrons. The Morgan fingerprint density at radius 3 is 3.21 bits per heavy atom. The smallest absolute Gasteiger partial charge is 0.105 e. The van der Waals surface area contributed by atoms with E-state index in [0.29, 0.717) is 0 Å². The van der Waals surface area contributed by atoms with Crippen LogP contribution in [0.15, 0.2) is 23.2 Å². The molecule has 0 atom stereocenters. The zero-order valence-electron chi connectivity index (χ0n) is 7.83. The summed E-state index contributed by atoms with van der Waals surface area (Å²) >= 11 is 5.94. The maximum absolute atomic E-state index is 5.94. The third kappa shape index (κ3) is 1.22. The molecule has 2 aliphatic rings. The molecule has 0 saturated carbocycles. The number of hydrogen-bond acceptors (Lipinski definition) is 2. The fourth-order valence-electron chi connectivity index (χ4n) is 2.13. The van der Waals surface area contributed by atoms with Crippen molar-refractivity contribution in [2.24, 2.45) is 4.99 Å². The van der Waals surface area contributed by atoms with E-state index in [1.54, 1.807) is 0 Å². The van der Waals surface area contributed by atoms with Crippen molar-refractivity contribution in [3.05, 3.63) is 28.8 Å². The summed E-state index contributed by atoms with van der Waals surface area (Å²) in [7, 11) is 0. The van der Waals surface area contributed by atoms with E-state index in [2.05, 4.69) is 16.0 Å². The molecule has 0 bridgehead atoms. The van der Waals surface area contributed by atoms with Crippen molar-refractivity contribution >= 4 is 23.1 Å². The van der Waals surface area contributed by atoms with Crippen LogP contribution in [-0.4, -0.2) is 17.3 Å². The molecule has 14 heavy (non-hydrogen) atoms. The molecule has 2 heterocycles. The van der Waals surface area contributed by atoms with Gasteiger partial charge in [0, 0.05) is 24.5 Å². The quantitative estimate of drug-likeness (QED) is 0.637. The fourth-order valence-corrected chi connectivity index (χ4v) is 2.30. The third-order valence-electron chi connectivity index (χ3n) is 2.85. The van der Waals surface area contributed by atoms with Gasteiger partial charge in [-0.1, -0.05) is 17.7 Å². The summed E-state index contributed by atoms with van der Waals surface area (Å²) < 4.78 is 0. The van der Waals surface area contributed by atoms with E-state index in [0.717, 1.165) is 30.2 Å². The summed E-state index contributed by atoms with van der Waals surface area (Å²) in [5, 5.41) is 0.777. The van der Waals surface area contributed by atoms with Gasteiger partial charge in [0.05, 0.1) is 5.69 Å². The Labute approximate surface area is 88.2 Å². The van der Waals surface area contributed by atoms with Crippen LogP contribution in [0.5, 0.6) is 0 Å². The second-order valence-corrected chi connectivity index (χ2v) is 4.26. The van der Waals surface area contributed by atoms with Gasteiger partial charge in [-0.15, -0.1) is 0 Å². The Hall–Kier alpha value is -1.02. The highest BCUT2D eigenvalue weighted by atomic mass is 35.5. The van der Waals surface area contributed by atoms with Gasteiger partial charge in [0.1, 0.15) is 5.84 Å². The predicted octanol–water partition coefficient (Wildman–Crippen LogP) is 2.98. The normalized spacial score (nSPS) is 18.9. The fraction of sp³-hybridized carbons (Fsp3) is 0.364. The Morgan fingerprint density at radius 1 is 1.36 bits per heavy atom. The minimum atomic E-state index is 0.777. The summed E-state index contributed by atoms with van der Waals surface area (Å²) in [4.78, 5) is 6.98. The molecule has 0 amide bonds. The largest absolute Gasteiger partial charge is 0.356 e. The minimum absolute atomic E-state index is 0.777. The highest BCUT2D eigenvalue weighted by Gasteiger charge is 2.23. The zero-order chi connectivity index (χ0) is 9.54. The Morgan fingerprint density at radius 2 is 2.29 bits per heavy atom. The summed E-state index contributed by atoms with van der Waals surface area (Å²) in [5.41, 5.74) is 2.35. The second-order valence-electron chi connectivity index (χ2n) is 3.83. The van der Waals surface area contributed by atoms with E-state index < -0.39 is 0 Å². The predicted molar refractivity (Wildman–Crippen MR) is 58.2 cm³/mol. The number of halogens is 1. The number of benzene rings is 1. The van der Waals surface area contributed by atoms with Gasteiger partial charge in [-0.2, -0.15) is 0 Å². The van der Waals surface area contributed by atoms with Gasteiger partial charge in [-0.05, 0) is 24.1 Å². The van der Waals surface area contributed by atoms with E-state index in [1.807, 2.05) is 12.1 Å². The van der Waals surface area contributed by atoms with Crippen LogP contribution in [-0.2, 0) is 6.54 Å². The standard InChI is InChI=1S/C11H11ClN2/c12-9-4-3-8-7-14-5-1-2-11(14)13-10(8)6-9/h3-4,6H,1-2,5,7H2. The van der Waals surface area contributed by atoms with Crippen molar-refractivity contribution in [3.8, 4) is 0 Å². The number of amidine groups is 1. The van der Waals surface area contributed by atoms with Gasteiger partial charge >= 0.3 is 0 Å². The highest BCUT2D eigenvalue weighted by molar-refractivity contribution is 6.30. The van der Waals surface area contributed by atoms with Crippen molar-refractivity contribution in [2.75, 3.05) is 6.54 Å². The topological polar surface area (TPSA) is 15.6 Å². The molecule has 3 heteroatoms. The van der Waals surface area contributed by atoms with Gasteiger partial charge in [-0.25, -0.2) is 4.99 Å². The molecule has 0 aliphatic carbocycles. The number of nitrogens with zero attached hydrogens (tertiary/aromatic N) is 2. The van der Waals surface area contributed by atoms with E-state index in [-0.39, 0.29) is 0 Å². The summed E-state index contributed by atoms with van der Waals surface area (Å²) in [5.74, 6) is 1.24. The van der Waals surface area contributed by atoms with Crippen LogP contribution in [0.3, 0.4) is 0 Å². The molecule has 0 spiro atoms. The van der Waals surface area contributed by atoms with Crippen LogP contribution in [0, 0.1) is 0 Å². The minimum Gasteiger partial charge on any atom is -0.356 e. The number of rotatable bonds is 0. The SMILES string of the molecule is Clc1ccc2c(c1)N=C1CCCN1C2. The average molecular weight is 207 g/mol. The van der Waals surface area contributed by atoms with Crippen LogP contribution in [0.25, 0.3) is 0 Å². The lowest BCUT2D eigenvalue weighted by Crippen LogP contribution is -2.26. The molecule has 1 aromatic carbocycles. The molecule has 0 aromatic heterocycles. The van der Waals surface area contributed by atoms with Crippen molar-refractivity contribution in [2.45, 2.75) is 19.4 Å². The third-order valence-corrected chi connectivity index (χ3v) is 3.09. The molecule has 0 N–H and O–H groups in total. The van der Waals surface area contributed by atoms with Crippen molar-refractivity contribution in [1.29, 1.82) is 0 Å². The van der Waals surface area contributed by atoms with Gasteiger partial charge < -0.3 is 4.90 Å². The molecule has 2 aliphatic heterocycles. The first-order chi connectivity index (χ1) is 6.83. The zero-order valence-corrected chi connectivity index (χ0v) is 8.59. The van der Waals surface area contributed by atoms with Gasteiger partial charge in [-0.3, -0.25) is 0 Å². The van der Waals surface area contributed by atoms with Crippen molar-refractivity contribution in [3.63, 3.8) is 0 Å². The molecule has 1 fully saturated rings. The van der Waals surface area contributed by atoms with Gasteiger partial charge in [0.25, 0.3) is 0 Å².